The zero-order chi connectivity index (χ0) is 16.8. The number of hydrogen-bond donors (Lipinski definition) is 1. The van der Waals surface area contributed by atoms with E-state index in [4.69, 9.17) is 11.6 Å². The number of carbonyl (C=O) groups excluding carboxylic acids is 1. The molecule has 0 saturated carbocycles. The van der Waals surface area contributed by atoms with Crippen molar-refractivity contribution in [2.24, 2.45) is 11.8 Å². The number of amides is 1. The third-order valence-electron chi connectivity index (χ3n) is 4.39. The van der Waals surface area contributed by atoms with Crippen LogP contribution in [0.2, 0.25) is 5.02 Å². The van der Waals surface area contributed by atoms with Gasteiger partial charge < -0.3 is 5.32 Å². The van der Waals surface area contributed by atoms with Gasteiger partial charge in [-0.25, -0.2) is 4.39 Å². The number of hydrogen-bond acceptors (Lipinski definition) is 2. The molecule has 1 aliphatic heterocycles. The summed E-state index contributed by atoms with van der Waals surface area (Å²) in [5, 5.41) is 3.45. The van der Waals surface area contributed by atoms with Crippen molar-refractivity contribution < 1.29 is 9.18 Å². The standard InChI is InChI=1S/C18H26ClFN2O/c1-13(2)5-8-21-18(23)14-6-9-22(10-7-14)12-15-3-4-16(19)11-17(15)20/h3-4,11,13-14H,5-10,12H2,1-2H3,(H,21,23). The normalized spacial score (nSPS) is 16.7. The Kier molecular flexibility index (Phi) is 6.85. The van der Waals surface area contributed by atoms with Gasteiger partial charge in [0.15, 0.2) is 0 Å². The Morgan fingerprint density at radius 3 is 2.70 bits per heavy atom. The molecule has 1 fully saturated rings. The minimum absolute atomic E-state index is 0.0912. The minimum atomic E-state index is -0.258. The van der Waals surface area contributed by atoms with E-state index in [0.29, 0.717) is 23.0 Å². The number of carbonyl (C=O) groups is 1. The molecule has 2 rings (SSSR count). The summed E-state index contributed by atoms with van der Waals surface area (Å²) in [6.07, 6.45) is 2.69. The van der Waals surface area contributed by atoms with Gasteiger partial charge in [-0.2, -0.15) is 0 Å². The van der Waals surface area contributed by atoms with E-state index in [-0.39, 0.29) is 17.6 Å². The van der Waals surface area contributed by atoms with Gasteiger partial charge in [0.1, 0.15) is 5.82 Å². The first-order valence-electron chi connectivity index (χ1n) is 8.39. The number of piperidine rings is 1. The van der Waals surface area contributed by atoms with Gasteiger partial charge in [0, 0.05) is 29.6 Å². The molecule has 1 amide bonds. The second-order valence-electron chi connectivity index (χ2n) is 6.76. The molecule has 0 radical (unpaired) electrons. The summed E-state index contributed by atoms with van der Waals surface area (Å²) < 4.78 is 13.8. The van der Waals surface area contributed by atoms with Crippen LogP contribution in [-0.4, -0.2) is 30.4 Å². The van der Waals surface area contributed by atoms with E-state index < -0.39 is 0 Å². The first-order chi connectivity index (χ1) is 11.0. The number of benzene rings is 1. The molecule has 1 aromatic rings. The van der Waals surface area contributed by atoms with Crippen molar-refractivity contribution in [2.45, 2.75) is 39.7 Å². The molecule has 1 saturated heterocycles. The average molecular weight is 341 g/mol. The lowest BCUT2D eigenvalue weighted by Gasteiger charge is -2.31. The minimum Gasteiger partial charge on any atom is -0.356 e. The molecule has 1 N–H and O–H groups in total. The van der Waals surface area contributed by atoms with Gasteiger partial charge >= 0.3 is 0 Å². The zero-order valence-electron chi connectivity index (χ0n) is 13.9. The Morgan fingerprint density at radius 1 is 1.39 bits per heavy atom. The molecular weight excluding hydrogens is 315 g/mol. The van der Waals surface area contributed by atoms with Gasteiger partial charge in [-0.15, -0.1) is 0 Å². The monoisotopic (exact) mass is 340 g/mol. The first-order valence-corrected chi connectivity index (χ1v) is 8.77. The molecule has 0 spiro atoms. The number of nitrogens with zero attached hydrogens (tertiary/aromatic N) is 1. The fourth-order valence-electron chi connectivity index (χ4n) is 2.87. The SMILES string of the molecule is CC(C)CCNC(=O)C1CCN(Cc2ccc(Cl)cc2F)CC1. The summed E-state index contributed by atoms with van der Waals surface area (Å²) in [6, 6.07) is 4.81. The molecule has 1 heterocycles. The van der Waals surface area contributed by atoms with Crippen LogP contribution in [0.5, 0.6) is 0 Å². The average Bonchev–Trinajstić information content (AvgIpc) is 2.50. The predicted molar refractivity (Wildman–Crippen MR) is 91.9 cm³/mol. The molecule has 0 atom stereocenters. The van der Waals surface area contributed by atoms with Gasteiger partial charge in [0.05, 0.1) is 0 Å². The third-order valence-corrected chi connectivity index (χ3v) is 4.62. The van der Waals surface area contributed by atoms with E-state index in [0.717, 1.165) is 38.9 Å². The molecule has 0 bridgehead atoms. The maximum absolute atomic E-state index is 13.8. The van der Waals surface area contributed by atoms with Crippen LogP contribution in [0.15, 0.2) is 18.2 Å². The molecule has 1 aliphatic rings. The summed E-state index contributed by atoms with van der Waals surface area (Å²) >= 11 is 5.78. The summed E-state index contributed by atoms with van der Waals surface area (Å²) in [7, 11) is 0. The Balaban J connectivity index is 1.76. The lowest BCUT2D eigenvalue weighted by molar-refractivity contribution is -0.126. The molecule has 0 unspecified atom stereocenters. The van der Waals surface area contributed by atoms with E-state index >= 15 is 0 Å². The Hall–Kier alpha value is -1.13. The first kappa shape index (κ1) is 18.2. The van der Waals surface area contributed by atoms with Crippen LogP contribution in [0.25, 0.3) is 0 Å². The van der Waals surface area contributed by atoms with Crippen molar-refractivity contribution in [3.05, 3.63) is 34.6 Å². The number of rotatable bonds is 6. The summed E-state index contributed by atoms with van der Waals surface area (Å²) in [4.78, 5) is 14.3. The Bertz CT molecular complexity index is 528. The molecular formula is C18H26ClFN2O. The maximum atomic E-state index is 13.8. The summed E-state index contributed by atoms with van der Waals surface area (Å²) in [5.41, 5.74) is 0.661. The smallest absolute Gasteiger partial charge is 0.223 e. The van der Waals surface area contributed by atoms with E-state index in [1.807, 2.05) is 0 Å². The second kappa shape index (κ2) is 8.65. The van der Waals surface area contributed by atoms with Crippen LogP contribution in [-0.2, 0) is 11.3 Å². The van der Waals surface area contributed by atoms with Crippen LogP contribution in [0, 0.1) is 17.7 Å². The van der Waals surface area contributed by atoms with Crippen LogP contribution in [0.1, 0.15) is 38.7 Å². The third kappa shape index (κ3) is 5.78. The van der Waals surface area contributed by atoms with E-state index in [1.165, 1.54) is 6.07 Å². The highest BCUT2D eigenvalue weighted by Crippen LogP contribution is 2.21. The van der Waals surface area contributed by atoms with Gasteiger partial charge in [-0.1, -0.05) is 31.5 Å². The largest absolute Gasteiger partial charge is 0.356 e. The van der Waals surface area contributed by atoms with Crippen molar-refractivity contribution in [1.82, 2.24) is 10.2 Å². The fourth-order valence-corrected chi connectivity index (χ4v) is 3.03. The van der Waals surface area contributed by atoms with Crippen LogP contribution >= 0.6 is 11.6 Å². The van der Waals surface area contributed by atoms with E-state index in [2.05, 4.69) is 24.1 Å². The van der Waals surface area contributed by atoms with Crippen LogP contribution in [0.3, 0.4) is 0 Å². The highest BCUT2D eigenvalue weighted by Gasteiger charge is 2.25. The molecule has 0 aromatic heterocycles. The molecule has 0 aliphatic carbocycles. The van der Waals surface area contributed by atoms with Crippen molar-refractivity contribution in [3.63, 3.8) is 0 Å². The van der Waals surface area contributed by atoms with Gasteiger partial charge in [-0.3, -0.25) is 9.69 Å². The lowest BCUT2D eigenvalue weighted by atomic mass is 9.95. The maximum Gasteiger partial charge on any atom is 0.223 e. The topological polar surface area (TPSA) is 32.3 Å². The quantitative estimate of drug-likeness (QED) is 0.853. The highest BCUT2D eigenvalue weighted by atomic mass is 35.5. The molecule has 23 heavy (non-hydrogen) atoms. The molecule has 5 heteroatoms. The highest BCUT2D eigenvalue weighted by molar-refractivity contribution is 6.30. The van der Waals surface area contributed by atoms with Crippen molar-refractivity contribution in [1.29, 1.82) is 0 Å². The summed E-state index contributed by atoms with van der Waals surface area (Å²) in [6.45, 7) is 7.28. The fraction of sp³-hybridized carbons (Fsp3) is 0.611. The predicted octanol–water partition coefficient (Wildman–Crippen LogP) is 3.85. The van der Waals surface area contributed by atoms with Crippen LogP contribution < -0.4 is 5.32 Å². The zero-order valence-corrected chi connectivity index (χ0v) is 14.7. The Morgan fingerprint density at radius 2 is 2.09 bits per heavy atom. The van der Waals surface area contributed by atoms with Gasteiger partial charge in [-0.05, 0) is 50.4 Å². The summed E-state index contributed by atoms with van der Waals surface area (Å²) in [5.74, 6) is 0.605. The van der Waals surface area contributed by atoms with Gasteiger partial charge in [0.2, 0.25) is 5.91 Å². The number of likely N-dealkylation sites (tertiary alicyclic amines) is 1. The van der Waals surface area contributed by atoms with E-state index in [1.54, 1.807) is 12.1 Å². The van der Waals surface area contributed by atoms with Crippen molar-refractivity contribution in [2.75, 3.05) is 19.6 Å². The molecule has 3 nitrogen and oxygen atoms in total. The lowest BCUT2D eigenvalue weighted by Crippen LogP contribution is -2.40. The van der Waals surface area contributed by atoms with Crippen LogP contribution in [0.4, 0.5) is 4.39 Å². The van der Waals surface area contributed by atoms with Gasteiger partial charge in [0.25, 0.3) is 0 Å². The second-order valence-corrected chi connectivity index (χ2v) is 7.20. The van der Waals surface area contributed by atoms with Crippen molar-refractivity contribution >= 4 is 17.5 Å². The van der Waals surface area contributed by atoms with Crippen molar-refractivity contribution in [3.8, 4) is 0 Å². The number of halogens is 2. The van der Waals surface area contributed by atoms with E-state index in [9.17, 15) is 9.18 Å². The Labute approximate surface area is 143 Å². The molecule has 1 aromatic carbocycles. The molecule has 128 valence electrons. The number of nitrogens with one attached hydrogen (secondary N) is 1.